The predicted molar refractivity (Wildman–Crippen MR) is 85.7 cm³/mol. The van der Waals surface area contributed by atoms with Gasteiger partial charge < -0.3 is 10.6 Å². The molecule has 0 aromatic heterocycles. The van der Waals surface area contributed by atoms with Crippen molar-refractivity contribution in [3.63, 3.8) is 0 Å². The van der Waals surface area contributed by atoms with Crippen LogP contribution < -0.4 is 10.6 Å². The number of anilines is 1. The highest BCUT2D eigenvalue weighted by atomic mass is 19.4. The molecule has 1 amide bonds. The lowest BCUT2D eigenvalue weighted by Gasteiger charge is -2.07. The largest absolute Gasteiger partial charge is 0.416 e. The molecule has 0 unspecified atom stereocenters. The van der Waals surface area contributed by atoms with Crippen LogP contribution >= 0.6 is 0 Å². The Morgan fingerprint density at radius 2 is 1.96 bits per heavy atom. The summed E-state index contributed by atoms with van der Waals surface area (Å²) >= 11 is 0. The highest BCUT2D eigenvalue weighted by molar-refractivity contribution is 6.03. The van der Waals surface area contributed by atoms with Gasteiger partial charge >= 0.3 is 6.18 Å². The normalized spacial score (nSPS) is 13.2. The molecule has 24 heavy (non-hydrogen) atoms. The van der Waals surface area contributed by atoms with E-state index < -0.39 is 11.7 Å². The summed E-state index contributed by atoms with van der Waals surface area (Å²) < 4.78 is 38.3. The molecule has 124 valence electrons. The SMILES string of the molecule is CNC(=O)c1cccc(NC2=Nc3cc(C(F)(F)F)ccc3C2)c1. The van der Waals surface area contributed by atoms with Crippen LogP contribution in [0.25, 0.3) is 0 Å². The molecule has 3 rings (SSSR count). The average molecular weight is 333 g/mol. The summed E-state index contributed by atoms with van der Waals surface area (Å²) in [6.07, 6.45) is -3.97. The van der Waals surface area contributed by atoms with Crippen LogP contribution in [0.15, 0.2) is 47.5 Å². The van der Waals surface area contributed by atoms with E-state index in [1.54, 1.807) is 31.3 Å². The van der Waals surface area contributed by atoms with Crippen LogP contribution in [0, 0.1) is 0 Å². The number of benzene rings is 2. The standard InChI is InChI=1S/C17H14F3N3O/c1-21-16(24)11-3-2-4-13(7-11)22-15-8-10-5-6-12(17(18,19)20)9-14(10)23-15/h2-7,9H,8H2,1H3,(H,21,24)(H,22,23). The van der Waals surface area contributed by atoms with Gasteiger partial charge in [0.05, 0.1) is 11.3 Å². The number of carbonyl (C=O) groups excluding carboxylic acids is 1. The van der Waals surface area contributed by atoms with Crippen molar-refractivity contribution in [2.24, 2.45) is 4.99 Å². The molecule has 4 nitrogen and oxygen atoms in total. The number of fused-ring (bicyclic) bond motifs is 1. The first-order chi connectivity index (χ1) is 11.4. The fraction of sp³-hybridized carbons (Fsp3) is 0.176. The Morgan fingerprint density at radius 3 is 2.67 bits per heavy atom. The first-order valence-electron chi connectivity index (χ1n) is 7.23. The van der Waals surface area contributed by atoms with Gasteiger partial charge in [0.25, 0.3) is 5.91 Å². The summed E-state index contributed by atoms with van der Waals surface area (Å²) in [6.45, 7) is 0. The van der Waals surface area contributed by atoms with Crippen molar-refractivity contribution in [1.29, 1.82) is 0 Å². The van der Waals surface area contributed by atoms with Crippen LogP contribution in [0.2, 0.25) is 0 Å². The quantitative estimate of drug-likeness (QED) is 0.879. The summed E-state index contributed by atoms with van der Waals surface area (Å²) in [5.41, 5.74) is 1.47. The number of rotatable bonds is 2. The van der Waals surface area contributed by atoms with Gasteiger partial charge in [-0.25, -0.2) is 4.99 Å². The first-order valence-corrected chi connectivity index (χ1v) is 7.23. The van der Waals surface area contributed by atoms with Crippen LogP contribution in [0.1, 0.15) is 21.5 Å². The van der Waals surface area contributed by atoms with E-state index in [1.165, 1.54) is 6.07 Å². The molecule has 2 N–H and O–H groups in total. The zero-order chi connectivity index (χ0) is 17.3. The average Bonchev–Trinajstić information content (AvgIpc) is 2.94. The van der Waals surface area contributed by atoms with Crippen LogP contribution in [0.3, 0.4) is 0 Å². The van der Waals surface area contributed by atoms with Crippen LogP contribution in [-0.2, 0) is 12.6 Å². The number of nitrogens with zero attached hydrogens (tertiary/aromatic N) is 1. The van der Waals surface area contributed by atoms with E-state index in [4.69, 9.17) is 0 Å². The maximum Gasteiger partial charge on any atom is 0.416 e. The number of hydrogen-bond donors (Lipinski definition) is 2. The number of carbonyl (C=O) groups is 1. The van der Waals surface area contributed by atoms with Gasteiger partial charge in [0, 0.05) is 24.7 Å². The maximum absolute atomic E-state index is 12.8. The zero-order valence-corrected chi connectivity index (χ0v) is 12.7. The third-order valence-corrected chi connectivity index (χ3v) is 3.67. The molecule has 0 aliphatic carbocycles. The Bertz CT molecular complexity index is 828. The van der Waals surface area contributed by atoms with Crippen LogP contribution in [0.4, 0.5) is 24.5 Å². The summed E-state index contributed by atoms with van der Waals surface area (Å²) in [6, 6.07) is 10.4. The lowest BCUT2D eigenvalue weighted by Crippen LogP contribution is -2.18. The van der Waals surface area contributed by atoms with Crippen molar-refractivity contribution >= 4 is 23.1 Å². The van der Waals surface area contributed by atoms with E-state index >= 15 is 0 Å². The van der Waals surface area contributed by atoms with Gasteiger partial charge in [-0.2, -0.15) is 13.2 Å². The molecule has 1 heterocycles. The molecule has 2 aromatic carbocycles. The van der Waals surface area contributed by atoms with E-state index in [9.17, 15) is 18.0 Å². The smallest absolute Gasteiger partial charge is 0.355 e. The topological polar surface area (TPSA) is 53.5 Å². The molecule has 0 radical (unpaired) electrons. The summed E-state index contributed by atoms with van der Waals surface area (Å²) in [4.78, 5) is 15.9. The van der Waals surface area contributed by atoms with Crippen LogP contribution in [-0.4, -0.2) is 18.8 Å². The first kappa shape index (κ1) is 16.0. The Hall–Kier alpha value is -2.83. The number of amidine groups is 1. The number of nitrogens with one attached hydrogen (secondary N) is 2. The van der Waals surface area contributed by atoms with Crippen molar-refractivity contribution in [3.05, 3.63) is 59.2 Å². The Balaban J connectivity index is 1.81. The van der Waals surface area contributed by atoms with Crippen molar-refractivity contribution < 1.29 is 18.0 Å². The summed E-state index contributed by atoms with van der Waals surface area (Å²) in [7, 11) is 1.54. The third-order valence-electron chi connectivity index (χ3n) is 3.67. The molecule has 1 aliphatic heterocycles. The van der Waals surface area contributed by atoms with E-state index in [0.717, 1.165) is 17.7 Å². The minimum atomic E-state index is -4.39. The molecule has 1 aliphatic rings. The lowest BCUT2D eigenvalue weighted by molar-refractivity contribution is -0.137. The number of hydrogen-bond acceptors (Lipinski definition) is 3. The number of aliphatic imine (C=N–C) groups is 1. The minimum Gasteiger partial charge on any atom is -0.355 e. The Morgan fingerprint density at radius 1 is 1.17 bits per heavy atom. The molecule has 0 saturated carbocycles. The fourth-order valence-electron chi connectivity index (χ4n) is 2.48. The van der Waals surface area contributed by atoms with Crippen molar-refractivity contribution in [3.8, 4) is 0 Å². The second-order valence-corrected chi connectivity index (χ2v) is 5.36. The highest BCUT2D eigenvalue weighted by Gasteiger charge is 2.31. The molecule has 0 spiro atoms. The van der Waals surface area contributed by atoms with Gasteiger partial charge in [-0.1, -0.05) is 12.1 Å². The fourth-order valence-corrected chi connectivity index (χ4v) is 2.48. The summed E-state index contributed by atoms with van der Waals surface area (Å²) in [5, 5.41) is 5.59. The molecule has 0 bridgehead atoms. The summed E-state index contributed by atoms with van der Waals surface area (Å²) in [5.74, 6) is 0.323. The predicted octanol–water partition coefficient (Wildman–Crippen LogP) is 3.76. The molecular weight excluding hydrogens is 319 g/mol. The van der Waals surface area contributed by atoms with Gasteiger partial charge in [-0.3, -0.25) is 4.79 Å². The van der Waals surface area contributed by atoms with Gasteiger partial charge in [-0.05, 0) is 35.9 Å². The van der Waals surface area contributed by atoms with Gasteiger partial charge in [0.1, 0.15) is 5.84 Å². The van der Waals surface area contributed by atoms with Crippen molar-refractivity contribution in [2.45, 2.75) is 12.6 Å². The number of alkyl halides is 3. The molecule has 2 aromatic rings. The van der Waals surface area contributed by atoms with E-state index in [-0.39, 0.29) is 5.91 Å². The molecule has 0 saturated heterocycles. The van der Waals surface area contributed by atoms with Gasteiger partial charge in [0.15, 0.2) is 0 Å². The van der Waals surface area contributed by atoms with Gasteiger partial charge in [-0.15, -0.1) is 0 Å². The number of amides is 1. The molecular formula is C17H14F3N3O. The lowest BCUT2D eigenvalue weighted by atomic mass is 10.1. The monoisotopic (exact) mass is 333 g/mol. The van der Waals surface area contributed by atoms with Crippen molar-refractivity contribution in [2.75, 3.05) is 12.4 Å². The van der Waals surface area contributed by atoms with Crippen molar-refractivity contribution in [1.82, 2.24) is 5.32 Å². The van der Waals surface area contributed by atoms with E-state index in [2.05, 4.69) is 15.6 Å². The Labute approximate surface area is 136 Å². The molecule has 0 atom stereocenters. The molecule has 0 fully saturated rings. The van der Waals surface area contributed by atoms with Crippen LogP contribution in [0.5, 0.6) is 0 Å². The number of halogens is 3. The zero-order valence-electron chi connectivity index (χ0n) is 12.7. The third kappa shape index (κ3) is 3.24. The second kappa shape index (κ2) is 5.99. The minimum absolute atomic E-state index is 0.217. The highest BCUT2D eigenvalue weighted by Crippen LogP contribution is 2.35. The second-order valence-electron chi connectivity index (χ2n) is 5.36. The van der Waals surface area contributed by atoms with Gasteiger partial charge in [0.2, 0.25) is 0 Å². The Kier molecular flexibility index (Phi) is 4.01. The van der Waals surface area contributed by atoms with E-state index in [0.29, 0.717) is 29.2 Å². The molecule has 7 heteroatoms. The van der Waals surface area contributed by atoms with E-state index in [1.807, 2.05) is 0 Å². The maximum atomic E-state index is 12.8.